The predicted molar refractivity (Wildman–Crippen MR) is 81.3 cm³/mol. The standard InChI is InChI=1S/C16H15NO4S/c1-12-3-6-14(7-4-12)22(18,19)21-15-8-5-13(9-10-17)11-16(15)20-2/h3-8,11H,9H2,1-2H3. The average Bonchev–Trinajstić information content (AvgIpc) is 2.49. The lowest BCUT2D eigenvalue weighted by Crippen LogP contribution is -2.10. The Morgan fingerprint density at radius 1 is 1.09 bits per heavy atom. The molecule has 0 atom stereocenters. The van der Waals surface area contributed by atoms with Crippen molar-refractivity contribution in [2.45, 2.75) is 18.2 Å². The number of rotatable bonds is 5. The monoisotopic (exact) mass is 317 g/mol. The van der Waals surface area contributed by atoms with E-state index in [0.29, 0.717) is 0 Å². The normalized spacial score (nSPS) is 10.8. The van der Waals surface area contributed by atoms with Crippen molar-refractivity contribution in [3.63, 3.8) is 0 Å². The molecular formula is C16H15NO4S. The maximum Gasteiger partial charge on any atom is 0.339 e. The van der Waals surface area contributed by atoms with Gasteiger partial charge in [-0.25, -0.2) is 0 Å². The number of ether oxygens (including phenoxy) is 1. The molecule has 0 spiro atoms. The van der Waals surface area contributed by atoms with Crippen LogP contribution in [-0.4, -0.2) is 15.5 Å². The molecule has 0 bridgehead atoms. The van der Waals surface area contributed by atoms with Crippen molar-refractivity contribution in [2.24, 2.45) is 0 Å². The van der Waals surface area contributed by atoms with Crippen LogP contribution in [0, 0.1) is 18.3 Å². The van der Waals surface area contributed by atoms with Crippen LogP contribution < -0.4 is 8.92 Å². The Morgan fingerprint density at radius 2 is 1.77 bits per heavy atom. The fourth-order valence-corrected chi connectivity index (χ4v) is 2.79. The number of hydrogen-bond donors (Lipinski definition) is 0. The molecule has 0 aliphatic rings. The smallest absolute Gasteiger partial charge is 0.339 e. The van der Waals surface area contributed by atoms with E-state index >= 15 is 0 Å². The molecule has 0 aliphatic heterocycles. The van der Waals surface area contributed by atoms with Gasteiger partial charge in [-0.15, -0.1) is 0 Å². The van der Waals surface area contributed by atoms with Crippen LogP contribution >= 0.6 is 0 Å². The van der Waals surface area contributed by atoms with Crippen LogP contribution in [0.2, 0.25) is 0 Å². The van der Waals surface area contributed by atoms with Gasteiger partial charge >= 0.3 is 10.1 Å². The largest absolute Gasteiger partial charge is 0.493 e. The van der Waals surface area contributed by atoms with E-state index in [1.807, 2.05) is 13.0 Å². The minimum absolute atomic E-state index is 0.0706. The van der Waals surface area contributed by atoms with E-state index < -0.39 is 10.1 Å². The fraction of sp³-hybridized carbons (Fsp3) is 0.188. The molecule has 5 nitrogen and oxygen atoms in total. The number of methoxy groups -OCH3 is 1. The Balaban J connectivity index is 2.33. The molecule has 2 rings (SSSR count). The van der Waals surface area contributed by atoms with Crippen LogP contribution in [0.25, 0.3) is 0 Å². The van der Waals surface area contributed by atoms with Crippen molar-refractivity contribution in [3.05, 3.63) is 53.6 Å². The first-order valence-corrected chi connectivity index (χ1v) is 7.92. The number of aryl methyl sites for hydroxylation is 1. The molecular weight excluding hydrogens is 302 g/mol. The average molecular weight is 317 g/mol. The summed E-state index contributed by atoms with van der Waals surface area (Å²) in [5, 5.41) is 8.69. The van der Waals surface area contributed by atoms with Crippen LogP contribution in [-0.2, 0) is 16.5 Å². The fourth-order valence-electron chi connectivity index (χ4n) is 1.85. The summed E-state index contributed by atoms with van der Waals surface area (Å²) < 4.78 is 34.8. The molecule has 0 N–H and O–H groups in total. The Hall–Kier alpha value is -2.52. The minimum Gasteiger partial charge on any atom is -0.493 e. The first kappa shape index (κ1) is 15.9. The third-order valence-corrected chi connectivity index (χ3v) is 4.27. The molecule has 0 saturated carbocycles. The molecule has 0 heterocycles. The van der Waals surface area contributed by atoms with Crippen LogP contribution in [0.15, 0.2) is 47.4 Å². The van der Waals surface area contributed by atoms with E-state index in [4.69, 9.17) is 14.2 Å². The lowest BCUT2D eigenvalue weighted by molar-refractivity contribution is 0.390. The Morgan fingerprint density at radius 3 is 2.36 bits per heavy atom. The zero-order valence-electron chi connectivity index (χ0n) is 12.2. The molecule has 0 amide bonds. The summed E-state index contributed by atoms with van der Waals surface area (Å²) in [6.45, 7) is 1.87. The topological polar surface area (TPSA) is 76.4 Å². The second-order valence-corrected chi connectivity index (χ2v) is 6.22. The molecule has 0 aromatic heterocycles. The van der Waals surface area contributed by atoms with E-state index in [0.717, 1.165) is 11.1 Å². The maximum absolute atomic E-state index is 12.3. The highest BCUT2D eigenvalue weighted by atomic mass is 32.2. The Kier molecular flexibility index (Phi) is 4.68. The van der Waals surface area contributed by atoms with E-state index in [-0.39, 0.29) is 22.8 Å². The number of benzene rings is 2. The number of hydrogen-bond acceptors (Lipinski definition) is 5. The molecule has 0 fully saturated rings. The maximum atomic E-state index is 12.3. The van der Waals surface area contributed by atoms with Crippen LogP contribution in [0.5, 0.6) is 11.5 Å². The van der Waals surface area contributed by atoms with E-state index in [2.05, 4.69) is 0 Å². The Bertz CT molecular complexity index is 805. The molecule has 6 heteroatoms. The SMILES string of the molecule is COc1cc(CC#N)ccc1OS(=O)(=O)c1ccc(C)cc1. The molecule has 0 unspecified atom stereocenters. The highest BCUT2D eigenvalue weighted by molar-refractivity contribution is 7.87. The van der Waals surface area contributed by atoms with Gasteiger partial charge in [0.25, 0.3) is 0 Å². The second kappa shape index (κ2) is 6.50. The van der Waals surface area contributed by atoms with Crippen molar-refractivity contribution < 1.29 is 17.3 Å². The number of nitriles is 1. The second-order valence-electron chi connectivity index (χ2n) is 4.67. The molecule has 2 aromatic rings. The molecule has 22 heavy (non-hydrogen) atoms. The molecule has 114 valence electrons. The third kappa shape index (κ3) is 3.57. The number of nitrogens with zero attached hydrogens (tertiary/aromatic N) is 1. The summed E-state index contributed by atoms with van der Waals surface area (Å²) in [5.74, 6) is 0.355. The first-order valence-electron chi connectivity index (χ1n) is 6.51. The van der Waals surface area contributed by atoms with Gasteiger partial charge in [0.1, 0.15) is 4.90 Å². The van der Waals surface area contributed by atoms with Gasteiger partial charge in [0.05, 0.1) is 19.6 Å². The molecule has 0 aliphatic carbocycles. The Labute approximate surface area is 129 Å². The van der Waals surface area contributed by atoms with Crippen LogP contribution in [0.1, 0.15) is 11.1 Å². The van der Waals surface area contributed by atoms with Crippen molar-refractivity contribution in [1.29, 1.82) is 5.26 Å². The highest BCUT2D eigenvalue weighted by Crippen LogP contribution is 2.31. The lowest BCUT2D eigenvalue weighted by atomic mass is 10.1. The first-order chi connectivity index (χ1) is 10.5. The van der Waals surface area contributed by atoms with Crippen molar-refractivity contribution in [3.8, 4) is 17.6 Å². The summed E-state index contributed by atoms with van der Waals surface area (Å²) >= 11 is 0. The van der Waals surface area contributed by atoms with Crippen molar-refractivity contribution in [2.75, 3.05) is 7.11 Å². The molecule has 0 saturated heterocycles. The zero-order chi connectivity index (χ0) is 16.2. The molecule has 0 radical (unpaired) electrons. The van der Waals surface area contributed by atoms with Crippen LogP contribution in [0.3, 0.4) is 0 Å². The van der Waals surface area contributed by atoms with Crippen molar-refractivity contribution >= 4 is 10.1 Å². The summed E-state index contributed by atoms with van der Waals surface area (Å²) in [5.41, 5.74) is 1.68. The van der Waals surface area contributed by atoms with Crippen LogP contribution in [0.4, 0.5) is 0 Å². The highest BCUT2D eigenvalue weighted by Gasteiger charge is 2.19. The van der Waals surface area contributed by atoms with Crippen molar-refractivity contribution in [1.82, 2.24) is 0 Å². The zero-order valence-corrected chi connectivity index (χ0v) is 13.1. The quantitative estimate of drug-likeness (QED) is 0.793. The summed E-state index contributed by atoms with van der Waals surface area (Å²) in [4.78, 5) is 0.0706. The summed E-state index contributed by atoms with van der Waals surface area (Å²) in [6.07, 6.45) is 0.210. The van der Waals surface area contributed by atoms with Gasteiger partial charge in [-0.3, -0.25) is 0 Å². The third-order valence-electron chi connectivity index (χ3n) is 3.02. The summed E-state index contributed by atoms with van der Waals surface area (Å²) in [6, 6.07) is 13.1. The lowest BCUT2D eigenvalue weighted by Gasteiger charge is -2.11. The van der Waals surface area contributed by atoms with E-state index in [1.54, 1.807) is 24.3 Å². The van der Waals surface area contributed by atoms with Gasteiger partial charge < -0.3 is 8.92 Å². The summed E-state index contributed by atoms with van der Waals surface area (Å²) in [7, 11) is -2.52. The van der Waals surface area contributed by atoms with Gasteiger partial charge in [0.15, 0.2) is 11.5 Å². The van der Waals surface area contributed by atoms with Gasteiger partial charge in [-0.05, 0) is 36.8 Å². The van der Waals surface area contributed by atoms with Gasteiger partial charge in [-0.1, -0.05) is 23.8 Å². The van der Waals surface area contributed by atoms with Gasteiger partial charge in [0, 0.05) is 0 Å². The molecule has 2 aromatic carbocycles. The van der Waals surface area contributed by atoms with E-state index in [9.17, 15) is 8.42 Å². The minimum atomic E-state index is -3.93. The predicted octanol–water partition coefficient (Wildman–Crippen LogP) is 2.84. The van der Waals surface area contributed by atoms with Gasteiger partial charge in [0.2, 0.25) is 0 Å². The van der Waals surface area contributed by atoms with Gasteiger partial charge in [-0.2, -0.15) is 13.7 Å². The van der Waals surface area contributed by atoms with E-state index in [1.165, 1.54) is 25.3 Å².